The summed E-state index contributed by atoms with van der Waals surface area (Å²) >= 11 is 0. The molecule has 0 bridgehead atoms. The molecule has 1 heterocycles. The number of ether oxygens (including phenoxy) is 3. The standard InChI is InChI=1S/C62H56N2O6P2S/c65-73(66,67)45-15-36-63-37-38-64(47-63)39-40-68-41-42-69-43-44-70-52-31-26-48(27-32-52)50-28-33-58-51(46-50)30-35-60(72(55-21-9-3-10-22-55)56-23-11-4-12-24-56)62(58)61-57-25-14-13-16-49(57)29-34-59(61)71(53-17-5-1-6-18-53)54-19-7-2-8-20-54/h1-14,16-35,37-38,46-47H,15,36,39-45H2. The van der Waals surface area contributed by atoms with Crippen molar-refractivity contribution in [2.24, 2.45) is 0 Å². The fraction of sp³-hybridized carbons (Fsp3) is 0.145. The molecule has 0 saturated heterocycles. The fourth-order valence-corrected chi connectivity index (χ4v) is 14.8. The van der Waals surface area contributed by atoms with Gasteiger partial charge in [-0.3, -0.25) is 0 Å². The highest BCUT2D eigenvalue weighted by Crippen LogP contribution is 2.46. The van der Waals surface area contributed by atoms with Crippen LogP contribution in [0.25, 0.3) is 43.8 Å². The number of hydrogen-bond donors (Lipinski definition) is 0. The van der Waals surface area contributed by atoms with E-state index < -0.39 is 26.0 Å². The fourth-order valence-electron chi connectivity index (χ4n) is 9.40. The summed E-state index contributed by atoms with van der Waals surface area (Å²) in [5.74, 6) is 0.415. The molecule has 0 saturated carbocycles. The second-order valence-corrected chi connectivity index (χ2v) is 23.6. The van der Waals surface area contributed by atoms with Crippen molar-refractivity contribution in [1.82, 2.24) is 4.57 Å². The monoisotopic (exact) mass is 1020 g/mol. The first-order chi connectivity index (χ1) is 35.9. The van der Waals surface area contributed by atoms with E-state index in [-0.39, 0.29) is 12.2 Å². The lowest BCUT2D eigenvalue weighted by molar-refractivity contribution is -0.696. The second kappa shape index (κ2) is 23.8. The van der Waals surface area contributed by atoms with Gasteiger partial charge in [0.2, 0.25) is 6.33 Å². The summed E-state index contributed by atoms with van der Waals surface area (Å²) in [6, 6.07) is 77.9. The first-order valence-corrected chi connectivity index (χ1v) is 28.9. The van der Waals surface area contributed by atoms with Crippen molar-refractivity contribution in [1.29, 1.82) is 0 Å². The lowest BCUT2D eigenvalue weighted by atomic mass is 9.92. The maximum atomic E-state index is 10.9. The van der Waals surface area contributed by atoms with E-state index in [1.165, 1.54) is 64.5 Å². The molecule has 0 N–H and O–H groups in total. The molecule has 10 aromatic rings. The van der Waals surface area contributed by atoms with Crippen molar-refractivity contribution in [2.45, 2.75) is 19.5 Å². The number of aryl methyl sites for hydroxylation is 1. The third-order valence-corrected chi connectivity index (χ3v) is 18.6. The molecule has 11 heteroatoms. The van der Waals surface area contributed by atoms with E-state index in [4.69, 9.17) is 14.2 Å². The van der Waals surface area contributed by atoms with Crippen molar-refractivity contribution in [3.63, 3.8) is 0 Å². The Labute approximate surface area is 430 Å². The average Bonchev–Trinajstić information content (AvgIpc) is 3.88. The summed E-state index contributed by atoms with van der Waals surface area (Å²) in [6.45, 7) is 3.38. The van der Waals surface area contributed by atoms with Crippen molar-refractivity contribution >= 4 is 79.3 Å². The van der Waals surface area contributed by atoms with Crippen LogP contribution >= 0.6 is 15.8 Å². The van der Waals surface area contributed by atoms with Gasteiger partial charge >= 0.3 is 0 Å². The van der Waals surface area contributed by atoms with Gasteiger partial charge in [0.05, 0.1) is 43.1 Å². The molecule has 0 fully saturated rings. The zero-order chi connectivity index (χ0) is 49.8. The SMILES string of the molecule is O=S(=O)([O-])CCC[n+]1ccn(CCOCCOCCOc2ccc(-c3ccc4c(-c5c(P(c6ccccc6)c6ccccc6)ccc6ccccc56)c(P(c5ccccc5)c5ccccc5)ccc4c3)cc2)c1. The number of imidazole rings is 1. The van der Waals surface area contributed by atoms with E-state index in [1.807, 2.05) is 40.0 Å². The first kappa shape index (κ1) is 49.8. The molecular formula is C62H56N2O6P2S. The highest BCUT2D eigenvalue weighted by molar-refractivity contribution is 7.85. The number of aromatic nitrogens is 2. The average molecular weight is 1020 g/mol. The Morgan fingerprint density at radius 3 is 1.56 bits per heavy atom. The topological polar surface area (TPSA) is 93.7 Å². The van der Waals surface area contributed by atoms with Gasteiger partial charge in [-0.15, -0.1) is 0 Å². The molecule has 1 aromatic heterocycles. The largest absolute Gasteiger partial charge is 0.748 e. The zero-order valence-electron chi connectivity index (χ0n) is 40.4. The number of benzene rings is 9. The molecule has 0 aliphatic rings. The van der Waals surface area contributed by atoms with Crippen molar-refractivity contribution in [2.75, 3.05) is 38.8 Å². The second-order valence-electron chi connectivity index (χ2n) is 17.7. The highest BCUT2D eigenvalue weighted by Gasteiger charge is 2.28. The minimum absolute atomic E-state index is 0.284. The van der Waals surface area contributed by atoms with Crippen LogP contribution in [0.5, 0.6) is 5.75 Å². The van der Waals surface area contributed by atoms with Crippen molar-refractivity contribution < 1.29 is 31.7 Å². The molecule has 0 spiro atoms. The van der Waals surface area contributed by atoms with Gasteiger partial charge in [-0.25, -0.2) is 17.6 Å². The Morgan fingerprint density at radius 1 is 0.493 bits per heavy atom. The Hall–Kier alpha value is -6.80. The Kier molecular flexibility index (Phi) is 16.2. The van der Waals surface area contributed by atoms with E-state index >= 15 is 0 Å². The lowest BCUT2D eigenvalue weighted by Crippen LogP contribution is -2.32. The summed E-state index contributed by atoms with van der Waals surface area (Å²) in [6.07, 6.45) is 5.91. The van der Waals surface area contributed by atoms with Crippen molar-refractivity contribution in [3.05, 3.63) is 231 Å². The van der Waals surface area contributed by atoms with E-state index in [2.05, 4.69) is 200 Å². The van der Waals surface area contributed by atoms with Crippen LogP contribution in [0.1, 0.15) is 6.42 Å². The molecule has 366 valence electrons. The van der Waals surface area contributed by atoms with Gasteiger partial charge in [0.25, 0.3) is 0 Å². The van der Waals surface area contributed by atoms with Gasteiger partial charge < -0.3 is 18.8 Å². The minimum Gasteiger partial charge on any atom is -0.748 e. The first-order valence-electron chi connectivity index (χ1n) is 24.6. The van der Waals surface area contributed by atoms with Crippen LogP contribution in [0, 0.1) is 0 Å². The number of hydrogen-bond acceptors (Lipinski definition) is 6. The van der Waals surface area contributed by atoms with Crippen LogP contribution in [0.4, 0.5) is 0 Å². The zero-order valence-corrected chi connectivity index (χ0v) is 43.1. The van der Waals surface area contributed by atoms with Crippen LogP contribution in [0.15, 0.2) is 231 Å². The van der Waals surface area contributed by atoms with Crippen molar-refractivity contribution in [3.8, 4) is 28.0 Å². The van der Waals surface area contributed by atoms with Gasteiger partial charge in [-0.2, -0.15) is 0 Å². The van der Waals surface area contributed by atoms with Crippen LogP contribution in [0.2, 0.25) is 0 Å². The van der Waals surface area contributed by atoms with E-state index in [0.717, 1.165) is 16.9 Å². The van der Waals surface area contributed by atoms with Gasteiger partial charge in [0, 0.05) is 5.75 Å². The van der Waals surface area contributed by atoms with E-state index in [9.17, 15) is 13.0 Å². The summed E-state index contributed by atoms with van der Waals surface area (Å²) < 4.78 is 54.0. The normalized spacial score (nSPS) is 11.8. The Balaban J connectivity index is 0.914. The predicted octanol–water partition coefficient (Wildman–Crippen LogP) is 9.98. The van der Waals surface area contributed by atoms with Crippen LogP contribution in [0.3, 0.4) is 0 Å². The quantitative estimate of drug-likeness (QED) is 0.0291. The molecule has 9 aromatic carbocycles. The summed E-state index contributed by atoms with van der Waals surface area (Å²) in [5, 5.41) is 12.8. The summed E-state index contributed by atoms with van der Waals surface area (Å²) in [7, 11) is -6.14. The van der Waals surface area contributed by atoms with Gasteiger partial charge in [-0.05, 0) is 116 Å². The maximum Gasteiger partial charge on any atom is 0.243 e. The van der Waals surface area contributed by atoms with Gasteiger partial charge in [-0.1, -0.05) is 194 Å². The molecule has 0 amide bonds. The molecule has 0 aliphatic carbocycles. The molecule has 10 rings (SSSR count). The molecule has 0 aliphatic heterocycles. The molecule has 0 radical (unpaired) electrons. The van der Waals surface area contributed by atoms with E-state index in [0.29, 0.717) is 46.1 Å². The van der Waals surface area contributed by atoms with Crippen LogP contribution in [-0.2, 0) is 32.7 Å². The summed E-state index contributed by atoms with van der Waals surface area (Å²) in [5.41, 5.74) is 4.81. The number of nitrogens with zero attached hydrogens (tertiary/aromatic N) is 2. The third kappa shape index (κ3) is 12.4. The Morgan fingerprint density at radius 2 is 0.986 bits per heavy atom. The molecule has 0 atom stereocenters. The van der Waals surface area contributed by atoms with Crippen LogP contribution in [-0.4, -0.2) is 56.3 Å². The van der Waals surface area contributed by atoms with Gasteiger partial charge in [0.1, 0.15) is 31.3 Å². The Bertz CT molecular complexity index is 3430. The summed E-state index contributed by atoms with van der Waals surface area (Å²) in [4.78, 5) is 0. The lowest BCUT2D eigenvalue weighted by Gasteiger charge is -2.28. The third-order valence-electron chi connectivity index (χ3n) is 12.8. The maximum absolute atomic E-state index is 10.9. The molecule has 0 unspecified atom stereocenters. The predicted molar refractivity (Wildman–Crippen MR) is 301 cm³/mol. The van der Waals surface area contributed by atoms with Crippen LogP contribution < -0.4 is 41.1 Å². The molecule has 73 heavy (non-hydrogen) atoms. The van der Waals surface area contributed by atoms with E-state index in [1.54, 1.807) is 0 Å². The highest BCUT2D eigenvalue weighted by atomic mass is 32.2. The molecular weight excluding hydrogens is 963 g/mol. The smallest absolute Gasteiger partial charge is 0.243 e. The molecule has 8 nitrogen and oxygen atoms in total. The number of fused-ring (bicyclic) bond motifs is 2. The minimum atomic E-state index is -4.20. The number of rotatable bonds is 22. The van der Waals surface area contributed by atoms with Gasteiger partial charge in [0.15, 0.2) is 0 Å².